The minimum absolute atomic E-state index is 0.546. The maximum Gasteiger partial charge on any atom is 0.137 e. The highest BCUT2D eigenvalue weighted by molar-refractivity contribution is 6.31. The summed E-state index contributed by atoms with van der Waals surface area (Å²) in [5.74, 6) is 0.546. The van der Waals surface area contributed by atoms with E-state index in [2.05, 4.69) is 0 Å². The molecule has 1 aromatic heterocycles. The van der Waals surface area contributed by atoms with Crippen LogP contribution in [0.2, 0.25) is 5.02 Å². The first-order valence-corrected chi connectivity index (χ1v) is 5.45. The fourth-order valence-corrected chi connectivity index (χ4v) is 1.92. The lowest BCUT2D eigenvalue weighted by Gasteiger charge is -2.13. The first-order valence-electron chi connectivity index (χ1n) is 5.07. The van der Waals surface area contributed by atoms with E-state index in [1.165, 1.54) is 0 Å². The van der Waals surface area contributed by atoms with Crippen LogP contribution in [-0.4, -0.2) is 5.11 Å². The van der Waals surface area contributed by atoms with Crippen LogP contribution in [0.1, 0.15) is 28.6 Å². The van der Waals surface area contributed by atoms with Crippen LogP contribution in [0.4, 0.5) is 0 Å². The van der Waals surface area contributed by atoms with Crippen molar-refractivity contribution in [3.8, 4) is 0 Å². The van der Waals surface area contributed by atoms with Crippen molar-refractivity contribution in [1.82, 2.24) is 0 Å². The summed E-state index contributed by atoms with van der Waals surface area (Å²) < 4.78 is 5.19. The first kappa shape index (κ1) is 11.2. The Bertz CT molecular complexity index is 489. The van der Waals surface area contributed by atoms with Crippen LogP contribution in [0.5, 0.6) is 0 Å². The normalized spacial score (nSPS) is 12.8. The topological polar surface area (TPSA) is 33.4 Å². The van der Waals surface area contributed by atoms with Crippen molar-refractivity contribution in [3.05, 3.63) is 58.0 Å². The lowest BCUT2D eigenvalue weighted by Crippen LogP contribution is -2.01. The Labute approximate surface area is 99.5 Å². The summed E-state index contributed by atoms with van der Waals surface area (Å²) >= 11 is 6.01. The van der Waals surface area contributed by atoms with E-state index in [1.54, 1.807) is 18.4 Å². The van der Waals surface area contributed by atoms with Crippen LogP contribution in [0, 0.1) is 13.8 Å². The van der Waals surface area contributed by atoms with Crippen molar-refractivity contribution < 1.29 is 9.52 Å². The summed E-state index contributed by atoms with van der Waals surface area (Å²) in [5.41, 5.74) is 2.74. The summed E-state index contributed by atoms with van der Waals surface area (Å²) in [6.07, 6.45) is 0.822. The van der Waals surface area contributed by atoms with Crippen LogP contribution in [0.3, 0.4) is 0 Å². The van der Waals surface area contributed by atoms with Crippen LogP contribution < -0.4 is 0 Å². The molecule has 1 heterocycles. The second-order valence-corrected chi connectivity index (χ2v) is 4.28. The molecular formula is C13H13ClO2. The summed E-state index contributed by atoms with van der Waals surface area (Å²) in [5, 5.41) is 10.9. The molecule has 0 fully saturated rings. The summed E-state index contributed by atoms with van der Waals surface area (Å²) in [6, 6.07) is 7.27. The molecule has 0 aliphatic heterocycles. The van der Waals surface area contributed by atoms with Gasteiger partial charge in [-0.3, -0.25) is 0 Å². The predicted molar refractivity (Wildman–Crippen MR) is 63.7 cm³/mol. The molecule has 0 amide bonds. The molecule has 0 saturated carbocycles. The van der Waals surface area contributed by atoms with Gasteiger partial charge in [0.05, 0.1) is 6.26 Å². The number of aliphatic hydroxyl groups is 1. The minimum atomic E-state index is -0.731. The van der Waals surface area contributed by atoms with Gasteiger partial charge in [0, 0.05) is 5.02 Å². The van der Waals surface area contributed by atoms with E-state index >= 15 is 0 Å². The van der Waals surface area contributed by atoms with E-state index in [4.69, 9.17) is 16.0 Å². The van der Waals surface area contributed by atoms with Gasteiger partial charge in [-0.25, -0.2) is 0 Å². The minimum Gasteiger partial charge on any atom is -0.466 e. The van der Waals surface area contributed by atoms with E-state index in [1.807, 2.05) is 26.0 Å². The average molecular weight is 237 g/mol. The molecule has 84 valence electrons. The molecule has 0 saturated heterocycles. The largest absolute Gasteiger partial charge is 0.466 e. The molecule has 0 aliphatic rings. The third-order valence-corrected chi connectivity index (χ3v) is 3.06. The molecule has 0 spiro atoms. The van der Waals surface area contributed by atoms with Crippen LogP contribution in [-0.2, 0) is 0 Å². The van der Waals surface area contributed by atoms with Gasteiger partial charge in [0.25, 0.3) is 0 Å². The van der Waals surface area contributed by atoms with Gasteiger partial charge in [-0.2, -0.15) is 0 Å². The highest BCUT2D eigenvalue weighted by Gasteiger charge is 2.16. The number of hydrogen-bond donors (Lipinski definition) is 1. The average Bonchev–Trinajstić information content (AvgIpc) is 2.75. The Balaban J connectivity index is 2.44. The van der Waals surface area contributed by atoms with Gasteiger partial charge < -0.3 is 9.52 Å². The standard InChI is InChI=1S/C13H13ClO2/c1-8-7-11(14)9(2)6-10(8)13(15)12-4-3-5-16-12/h3-7,13,15H,1-2H3. The van der Waals surface area contributed by atoms with Gasteiger partial charge in [0.1, 0.15) is 11.9 Å². The molecule has 1 unspecified atom stereocenters. The van der Waals surface area contributed by atoms with Crippen molar-refractivity contribution in [2.24, 2.45) is 0 Å². The number of halogens is 1. The lowest BCUT2D eigenvalue weighted by atomic mass is 9.99. The zero-order valence-electron chi connectivity index (χ0n) is 9.20. The predicted octanol–water partition coefficient (Wildman–Crippen LogP) is 3.63. The highest BCUT2D eigenvalue weighted by Crippen LogP contribution is 2.29. The number of hydrogen-bond acceptors (Lipinski definition) is 2. The summed E-state index contributed by atoms with van der Waals surface area (Å²) in [7, 11) is 0. The van der Waals surface area contributed by atoms with Crippen LogP contribution in [0.15, 0.2) is 34.9 Å². The van der Waals surface area contributed by atoms with Gasteiger partial charge in [0.2, 0.25) is 0 Å². The van der Waals surface area contributed by atoms with Crippen molar-refractivity contribution in [3.63, 3.8) is 0 Å². The zero-order chi connectivity index (χ0) is 11.7. The quantitative estimate of drug-likeness (QED) is 0.864. The van der Waals surface area contributed by atoms with Gasteiger partial charge in [-0.1, -0.05) is 17.7 Å². The fourth-order valence-electron chi connectivity index (χ4n) is 1.70. The van der Waals surface area contributed by atoms with E-state index < -0.39 is 6.10 Å². The zero-order valence-corrected chi connectivity index (χ0v) is 9.95. The SMILES string of the molecule is Cc1cc(C(O)c2ccco2)c(C)cc1Cl. The monoisotopic (exact) mass is 236 g/mol. The number of aliphatic hydroxyl groups excluding tert-OH is 1. The summed E-state index contributed by atoms with van der Waals surface area (Å²) in [6.45, 7) is 3.84. The Kier molecular flexibility index (Phi) is 3.03. The fraction of sp³-hybridized carbons (Fsp3) is 0.231. The van der Waals surface area contributed by atoms with Gasteiger partial charge in [-0.05, 0) is 48.7 Å². The smallest absolute Gasteiger partial charge is 0.137 e. The molecule has 2 rings (SSSR count). The van der Waals surface area contributed by atoms with Crippen LogP contribution >= 0.6 is 11.6 Å². The highest BCUT2D eigenvalue weighted by atomic mass is 35.5. The van der Waals surface area contributed by atoms with Crippen LogP contribution in [0.25, 0.3) is 0 Å². The summed E-state index contributed by atoms with van der Waals surface area (Å²) in [4.78, 5) is 0. The van der Waals surface area contributed by atoms with Crippen molar-refractivity contribution in [2.45, 2.75) is 20.0 Å². The number of rotatable bonds is 2. The molecule has 3 heteroatoms. The number of benzene rings is 1. The van der Waals surface area contributed by atoms with E-state index in [9.17, 15) is 5.11 Å². The second-order valence-electron chi connectivity index (χ2n) is 3.88. The molecule has 16 heavy (non-hydrogen) atoms. The first-order chi connectivity index (χ1) is 7.59. The second kappa shape index (κ2) is 4.32. The molecule has 0 bridgehead atoms. The molecule has 0 radical (unpaired) electrons. The van der Waals surface area contributed by atoms with Crippen molar-refractivity contribution in [2.75, 3.05) is 0 Å². The number of aryl methyl sites for hydroxylation is 2. The third-order valence-electron chi connectivity index (χ3n) is 2.65. The van der Waals surface area contributed by atoms with E-state index in [-0.39, 0.29) is 0 Å². The Morgan fingerprint density at radius 3 is 2.62 bits per heavy atom. The lowest BCUT2D eigenvalue weighted by molar-refractivity contribution is 0.188. The Morgan fingerprint density at radius 1 is 1.25 bits per heavy atom. The Hall–Kier alpha value is -1.25. The molecule has 0 aliphatic carbocycles. The molecular weight excluding hydrogens is 224 g/mol. The molecule has 1 aromatic carbocycles. The number of furan rings is 1. The third kappa shape index (κ3) is 1.99. The van der Waals surface area contributed by atoms with Gasteiger partial charge in [0.15, 0.2) is 0 Å². The molecule has 2 nitrogen and oxygen atoms in total. The molecule has 1 atom stereocenters. The van der Waals surface area contributed by atoms with E-state index in [0.29, 0.717) is 10.8 Å². The van der Waals surface area contributed by atoms with E-state index in [0.717, 1.165) is 16.7 Å². The van der Waals surface area contributed by atoms with Crippen molar-refractivity contribution >= 4 is 11.6 Å². The van der Waals surface area contributed by atoms with Gasteiger partial charge in [-0.15, -0.1) is 0 Å². The van der Waals surface area contributed by atoms with Gasteiger partial charge >= 0.3 is 0 Å². The Morgan fingerprint density at radius 2 is 2.00 bits per heavy atom. The maximum absolute atomic E-state index is 10.1. The molecule has 1 N–H and O–H groups in total. The molecule has 2 aromatic rings. The van der Waals surface area contributed by atoms with Crippen molar-refractivity contribution in [1.29, 1.82) is 0 Å². The maximum atomic E-state index is 10.1.